The van der Waals surface area contributed by atoms with Crippen LogP contribution in [0.4, 0.5) is 0 Å². The second-order valence-electron chi connectivity index (χ2n) is 6.99. The normalized spacial score (nSPS) is 12.9. The predicted octanol–water partition coefficient (Wildman–Crippen LogP) is 3.87. The molecule has 0 fully saturated rings. The average Bonchev–Trinajstić information content (AvgIpc) is 3.11. The molecule has 1 heterocycles. The minimum atomic E-state index is -3.54. The number of rotatable bonds is 4. The van der Waals surface area contributed by atoms with E-state index in [9.17, 15) is 13.2 Å². The summed E-state index contributed by atoms with van der Waals surface area (Å²) in [5.41, 5.74) is 1.39. The van der Waals surface area contributed by atoms with Crippen molar-refractivity contribution in [2.24, 2.45) is 4.99 Å². The lowest BCUT2D eigenvalue weighted by Gasteiger charge is -2.11. The Kier molecular flexibility index (Phi) is 5.31. The van der Waals surface area contributed by atoms with Gasteiger partial charge in [0.15, 0.2) is 4.80 Å². The highest BCUT2D eigenvalue weighted by Gasteiger charge is 2.17. The quantitative estimate of drug-likeness (QED) is 0.485. The first-order valence-corrected chi connectivity index (χ1v) is 11.7. The lowest BCUT2D eigenvalue weighted by Crippen LogP contribution is -2.22. The van der Waals surface area contributed by atoms with Crippen LogP contribution < -0.4 is 4.80 Å². The molecule has 0 bridgehead atoms. The molecule has 0 atom stereocenters. The molecule has 0 saturated heterocycles. The van der Waals surface area contributed by atoms with Crippen molar-refractivity contribution in [1.82, 2.24) is 8.87 Å². The Morgan fingerprint density at radius 2 is 1.73 bits per heavy atom. The lowest BCUT2D eigenvalue weighted by molar-refractivity contribution is 0.0997. The molecule has 1 aromatic heterocycles. The number of sulfonamides is 1. The number of fused-ring (bicyclic) bond motifs is 3. The monoisotopic (exact) mass is 439 g/mol. The zero-order valence-corrected chi connectivity index (χ0v) is 18.5. The summed E-state index contributed by atoms with van der Waals surface area (Å²) >= 11 is 1.49. The standard InChI is InChI=1S/C22H21N3O3S2/c1-4-25-19-14-11-15-7-5-6-8-18(15)20(19)29-22(25)23-21(26)16-9-12-17(13-10-16)30(27,28)24(2)3/h5-14H,4H2,1-3H3. The number of aromatic nitrogens is 1. The molecule has 30 heavy (non-hydrogen) atoms. The molecular formula is C22H21N3O3S2. The van der Waals surface area contributed by atoms with E-state index < -0.39 is 15.9 Å². The maximum Gasteiger partial charge on any atom is 0.279 e. The molecule has 4 aromatic rings. The largest absolute Gasteiger partial charge is 0.317 e. The summed E-state index contributed by atoms with van der Waals surface area (Å²) in [6.07, 6.45) is 0. The molecule has 0 saturated carbocycles. The van der Waals surface area contributed by atoms with E-state index in [1.165, 1.54) is 49.7 Å². The van der Waals surface area contributed by atoms with E-state index in [4.69, 9.17) is 0 Å². The van der Waals surface area contributed by atoms with Crippen LogP contribution in [0.15, 0.2) is 70.6 Å². The average molecular weight is 440 g/mol. The molecule has 0 aliphatic carbocycles. The molecular weight excluding hydrogens is 418 g/mol. The summed E-state index contributed by atoms with van der Waals surface area (Å²) in [7, 11) is -0.596. The maximum atomic E-state index is 12.8. The highest BCUT2D eigenvalue weighted by Crippen LogP contribution is 2.27. The van der Waals surface area contributed by atoms with Gasteiger partial charge in [0, 0.05) is 31.6 Å². The molecule has 6 nitrogen and oxygen atoms in total. The second-order valence-corrected chi connectivity index (χ2v) is 10.1. The summed E-state index contributed by atoms with van der Waals surface area (Å²) < 4.78 is 28.7. The summed E-state index contributed by atoms with van der Waals surface area (Å²) in [5, 5.41) is 2.28. The zero-order valence-electron chi connectivity index (χ0n) is 16.9. The van der Waals surface area contributed by atoms with Crippen molar-refractivity contribution < 1.29 is 13.2 Å². The van der Waals surface area contributed by atoms with Gasteiger partial charge in [0.25, 0.3) is 5.91 Å². The van der Waals surface area contributed by atoms with Gasteiger partial charge in [0.2, 0.25) is 10.0 Å². The lowest BCUT2D eigenvalue weighted by atomic mass is 10.1. The number of amides is 1. The van der Waals surface area contributed by atoms with Gasteiger partial charge in [-0.1, -0.05) is 41.7 Å². The number of carbonyl (C=O) groups is 1. The highest BCUT2D eigenvalue weighted by atomic mass is 32.2. The third kappa shape index (κ3) is 3.47. The number of carbonyl (C=O) groups excluding carboxylic acids is 1. The van der Waals surface area contributed by atoms with E-state index in [-0.39, 0.29) is 4.90 Å². The van der Waals surface area contributed by atoms with Crippen molar-refractivity contribution in [3.63, 3.8) is 0 Å². The topological polar surface area (TPSA) is 71.7 Å². The molecule has 0 unspecified atom stereocenters. The highest BCUT2D eigenvalue weighted by molar-refractivity contribution is 7.89. The Balaban J connectivity index is 1.79. The molecule has 8 heteroatoms. The van der Waals surface area contributed by atoms with Gasteiger partial charge in [-0.3, -0.25) is 4.79 Å². The van der Waals surface area contributed by atoms with Gasteiger partial charge in [-0.25, -0.2) is 12.7 Å². The Hall–Kier alpha value is -2.81. The van der Waals surface area contributed by atoms with Crippen LogP contribution in [-0.4, -0.2) is 37.3 Å². The molecule has 154 valence electrons. The Bertz CT molecular complexity index is 1430. The van der Waals surface area contributed by atoms with Crippen molar-refractivity contribution in [1.29, 1.82) is 0 Å². The third-order valence-electron chi connectivity index (χ3n) is 4.97. The zero-order chi connectivity index (χ0) is 21.5. The first kappa shape index (κ1) is 20.5. The molecule has 1 amide bonds. The fourth-order valence-electron chi connectivity index (χ4n) is 3.32. The SMILES string of the molecule is CCn1c(=NC(=O)c2ccc(S(=O)(=O)N(C)C)cc2)sc2c3ccccc3ccc21. The van der Waals surface area contributed by atoms with Gasteiger partial charge in [0.1, 0.15) is 0 Å². The number of aryl methyl sites for hydroxylation is 1. The molecule has 0 spiro atoms. The Morgan fingerprint density at radius 1 is 1.03 bits per heavy atom. The van der Waals surface area contributed by atoms with Gasteiger partial charge in [-0.2, -0.15) is 4.99 Å². The van der Waals surface area contributed by atoms with Crippen LogP contribution in [0.1, 0.15) is 17.3 Å². The first-order chi connectivity index (χ1) is 14.3. The summed E-state index contributed by atoms with van der Waals surface area (Å²) in [6.45, 7) is 2.70. The smallest absolute Gasteiger partial charge is 0.279 e. The maximum absolute atomic E-state index is 12.8. The molecule has 0 radical (unpaired) electrons. The van der Waals surface area contributed by atoms with Crippen LogP contribution in [0.2, 0.25) is 0 Å². The molecule has 4 rings (SSSR count). The van der Waals surface area contributed by atoms with Gasteiger partial charge >= 0.3 is 0 Å². The summed E-state index contributed by atoms with van der Waals surface area (Å²) in [5.74, 6) is -0.401. The fraction of sp³-hybridized carbons (Fsp3) is 0.182. The Labute approximate surface area is 178 Å². The van der Waals surface area contributed by atoms with E-state index in [1.54, 1.807) is 0 Å². The van der Waals surface area contributed by atoms with Gasteiger partial charge in [-0.15, -0.1) is 0 Å². The molecule has 0 N–H and O–H groups in total. The van der Waals surface area contributed by atoms with Crippen LogP contribution in [-0.2, 0) is 16.6 Å². The molecule has 0 aliphatic heterocycles. The van der Waals surface area contributed by atoms with Crippen molar-refractivity contribution >= 4 is 48.3 Å². The van der Waals surface area contributed by atoms with Crippen molar-refractivity contribution in [2.45, 2.75) is 18.4 Å². The number of hydrogen-bond donors (Lipinski definition) is 0. The fourth-order valence-corrected chi connectivity index (χ4v) is 5.45. The number of hydrogen-bond acceptors (Lipinski definition) is 4. The van der Waals surface area contributed by atoms with Crippen molar-refractivity contribution in [3.8, 4) is 0 Å². The van der Waals surface area contributed by atoms with Crippen LogP contribution in [0.3, 0.4) is 0 Å². The van der Waals surface area contributed by atoms with Crippen LogP contribution in [0.5, 0.6) is 0 Å². The molecule has 3 aromatic carbocycles. The van der Waals surface area contributed by atoms with E-state index in [1.807, 2.05) is 23.6 Å². The van der Waals surface area contributed by atoms with Crippen molar-refractivity contribution in [3.05, 3.63) is 71.0 Å². The third-order valence-corrected chi connectivity index (χ3v) is 7.92. The minimum absolute atomic E-state index is 0.140. The summed E-state index contributed by atoms with van der Waals surface area (Å²) in [4.78, 5) is 17.9. The van der Waals surface area contributed by atoms with E-state index in [0.29, 0.717) is 16.9 Å². The first-order valence-electron chi connectivity index (χ1n) is 9.45. The van der Waals surface area contributed by atoms with E-state index in [0.717, 1.165) is 25.3 Å². The van der Waals surface area contributed by atoms with Crippen LogP contribution in [0.25, 0.3) is 21.0 Å². The van der Waals surface area contributed by atoms with Crippen LogP contribution >= 0.6 is 11.3 Å². The Morgan fingerprint density at radius 3 is 2.40 bits per heavy atom. The van der Waals surface area contributed by atoms with Crippen LogP contribution in [0, 0.1) is 0 Å². The van der Waals surface area contributed by atoms with Gasteiger partial charge in [-0.05, 0) is 42.6 Å². The minimum Gasteiger partial charge on any atom is -0.317 e. The predicted molar refractivity (Wildman–Crippen MR) is 120 cm³/mol. The number of thiazole rings is 1. The second kappa shape index (κ2) is 7.79. The van der Waals surface area contributed by atoms with Crippen molar-refractivity contribution in [2.75, 3.05) is 14.1 Å². The summed E-state index contributed by atoms with van der Waals surface area (Å²) in [6, 6.07) is 18.2. The van der Waals surface area contributed by atoms with E-state index in [2.05, 4.69) is 29.3 Å². The van der Waals surface area contributed by atoms with Gasteiger partial charge in [0.05, 0.1) is 15.1 Å². The number of benzene rings is 3. The van der Waals surface area contributed by atoms with Gasteiger partial charge < -0.3 is 4.57 Å². The number of nitrogens with zero attached hydrogens (tertiary/aromatic N) is 3. The molecule has 0 aliphatic rings. The van der Waals surface area contributed by atoms with E-state index >= 15 is 0 Å².